The van der Waals surface area contributed by atoms with Crippen molar-refractivity contribution in [3.63, 3.8) is 0 Å². The third kappa shape index (κ3) is 2.61. The van der Waals surface area contributed by atoms with Crippen LogP contribution in [0, 0.1) is 6.92 Å². The molecule has 0 radical (unpaired) electrons. The maximum atomic E-state index is 6.43. The first-order chi connectivity index (χ1) is 9.67. The fraction of sp³-hybridized carbons (Fsp3) is 0.500. The molecule has 1 aromatic carbocycles. The number of aromatic nitrogens is 2. The zero-order valence-corrected chi connectivity index (χ0v) is 11.9. The van der Waals surface area contributed by atoms with Crippen molar-refractivity contribution in [1.29, 1.82) is 0 Å². The van der Waals surface area contributed by atoms with Gasteiger partial charge in [-0.15, -0.1) is 0 Å². The minimum atomic E-state index is -0.383. The second kappa shape index (κ2) is 5.37. The summed E-state index contributed by atoms with van der Waals surface area (Å²) in [6.07, 6.45) is 6.14. The predicted molar refractivity (Wildman–Crippen MR) is 77.2 cm³/mol. The first-order valence-corrected chi connectivity index (χ1v) is 7.34. The van der Waals surface area contributed by atoms with E-state index in [0.717, 1.165) is 25.7 Å². The Morgan fingerprint density at radius 1 is 1.20 bits per heavy atom. The summed E-state index contributed by atoms with van der Waals surface area (Å²) in [5.74, 6) is 1.34. The first-order valence-electron chi connectivity index (χ1n) is 7.34. The number of nitrogens with zero attached hydrogens (tertiary/aromatic N) is 2. The predicted octanol–water partition coefficient (Wildman–Crippen LogP) is 3.09. The summed E-state index contributed by atoms with van der Waals surface area (Å²) in [7, 11) is 0. The lowest BCUT2D eigenvalue weighted by atomic mass is 9.82. The molecule has 4 nitrogen and oxygen atoms in total. The molecule has 0 spiro atoms. The Bertz CT molecular complexity index is 585. The quantitative estimate of drug-likeness (QED) is 0.931. The van der Waals surface area contributed by atoms with E-state index in [9.17, 15) is 0 Å². The van der Waals surface area contributed by atoms with Crippen LogP contribution < -0.4 is 5.73 Å². The van der Waals surface area contributed by atoms with Gasteiger partial charge in [-0.2, -0.15) is 4.98 Å². The molecule has 2 N–H and O–H groups in total. The van der Waals surface area contributed by atoms with E-state index in [2.05, 4.69) is 29.2 Å². The van der Waals surface area contributed by atoms with Crippen molar-refractivity contribution < 1.29 is 4.52 Å². The molecule has 0 bridgehead atoms. The van der Waals surface area contributed by atoms with Gasteiger partial charge in [0.05, 0.1) is 12.0 Å². The smallest absolute Gasteiger partial charge is 0.231 e. The van der Waals surface area contributed by atoms with Crippen LogP contribution in [0.3, 0.4) is 0 Å². The molecule has 1 heterocycles. The van der Waals surface area contributed by atoms with Crippen LogP contribution in [0.1, 0.15) is 54.9 Å². The van der Waals surface area contributed by atoms with Gasteiger partial charge < -0.3 is 10.3 Å². The van der Waals surface area contributed by atoms with Crippen molar-refractivity contribution in [2.75, 3.05) is 0 Å². The molecule has 20 heavy (non-hydrogen) atoms. The van der Waals surface area contributed by atoms with E-state index in [1.165, 1.54) is 17.5 Å². The monoisotopic (exact) mass is 271 g/mol. The van der Waals surface area contributed by atoms with Crippen molar-refractivity contribution in [3.05, 3.63) is 47.1 Å². The van der Waals surface area contributed by atoms with Gasteiger partial charge in [-0.05, 0) is 30.9 Å². The second-order valence-corrected chi connectivity index (χ2v) is 5.83. The van der Waals surface area contributed by atoms with Crippen LogP contribution in [0.25, 0.3) is 0 Å². The van der Waals surface area contributed by atoms with Crippen LogP contribution in [0.15, 0.2) is 28.8 Å². The van der Waals surface area contributed by atoms with Crippen molar-refractivity contribution >= 4 is 0 Å². The van der Waals surface area contributed by atoms with Crippen LogP contribution in [0.4, 0.5) is 0 Å². The minimum absolute atomic E-state index is 0.383. The molecule has 0 unspecified atom stereocenters. The van der Waals surface area contributed by atoms with E-state index in [-0.39, 0.29) is 5.54 Å². The Labute approximate surface area is 119 Å². The second-order valence-electron chi connectivity index (χ2n) is 5.83. The maximum Gasteiger partial charge on any atom is 0.231 e. The summed E-state index contributed by atoms with van der Waals surface area (Å²) in [6, 6.07) is 8.26. The molecular formula is C16H21N3O. The summed E-state index contributed by atoms with van der Waals surface area (Å²) in [4.78, 5) is 4.54. The van der Waals surface area contributed by atoms with E-state index in [1.54, 1.807) is 0 Å². The zero-order chi connectivity index (χ0) is 14.0. The van der Waals surface area contributed by atoms with Gasteiger partial charge in [0.1, 0.15) is 0 Å². The lowest BCUT2D eigenvalue weighted by molar-refractivity contribution is 0.273. The Balaban J connectivity index is 1.78. The van der Waals surface area contributed by atoms with Crippen molar-refractivity contribution in [3.8, 4) is 0 Å². The molecule has 0 atom stereocenters. The molecule has 0 amide bonds. The Morgan fingerprint density at radius 2 is 1.95 bits per heavy atom. The molecule has 1 aliphatic rings. The average molecular weight is 271 g/mol. The van der Waals surface area contributed by atoms with Crippen LogP contribution in [-0.4, -0.2) is 10.1 Å². The number of benzene rings is 1. The van der Waals surface area contributed by atoms with E-state index >= 15 is 0 Å². The third-order valence-electron chi connectivity index (χ3n) is 4.26. The van der Waals surface area contributed by atoms with Gasteiger partial charge in [0.2, 0.25) is 5.89 Å². The van der Waals surface area contributed by atoms with E-state index < -0.39 is 0 Å². The van der Waals surface area contributed by atoms with Gasteiger partial charge in [-0.25, -0.2) is 0 Å². The summed E-state index contributed by atoms with van der Waals surface area (Å²) in [5, 5.41) is 4.13. The van der Waals surface area contributed by atoms with Gasteiger partial charge >= 0.3 is 0 Å². The first kappa shape index (κ1) is 13.3. The largest absolute Gasteiger partial charge is 0.339 e. The number of aryl methyl sites for hydroxylation is 1. The normalized spacial score (nSPS) is 18.1. The van der Waals surface area contributed by atoms with E-state index in [0.29, 0.717) is 18.1 Å². The number of hydrogen-bond donors (Lipinski definition) is 1. The maximum absolute atomic E-state index is 6.43. The standard InChI is InChI=1S/C16H21N3O/c1-12-7-3-4-8-13(12)11-14-18-15(19-20-14)16(17)9-5-2-6-10-16/h3-4,7-8H,2,5-6,9-11,17H2,1H3. The number of hydrogen-bond acceptors (Lipinski definition) is 4. The third-order valence-corrected chi connectivity index (χ3v) is 4.26. The van der Waals surface area contributed by atoms with Gasteiger partial charge in [0, 0.05) is 0 Å². The lowest BCUT2D eigenvalue weighted by Gasteiger charge is -2.29. The van der Waals surface area contributed by atoms with Gasteiger partial charge in [0.15, 0.2) is 5.82 Å². The summed E-state index contributed by atoms with van der Waals surface area (Å²) >= 11 is 0. The minimum Gasteiger partial charge on any atom is -0.339 e. The highest BCUT2D eigenvalue weighted by Crippen LogP contribution is 2.33. The Hall–Kier alpha value is -1.68. The van der Waals surface area contributed by atoms with Crippen LogP contribution in [-0.2, 0) is 12.0 Å². The Kier molecular flexibility index (Phi) is 3.57. The fourth-order valence-corrected chi connectivity index (χ4v) is 2.91. The molecule has 1 aromatic heterocycles. The Morgan fingerprint density at radius 3 is 2.70 bits per heavy atom. The molecule has 2 aromatic rings. The molecule has 3 rings (SSSR count). The molecule has 0 saturated heterocycles. The molecular weight excluding hydrogens is 250 g/mol. The van der Waals surface area contributed by atoms with Crippen LogP contribution in [0.5, 0.6) is 0 Å². The van der Waals surface area contributed by atoms with E-state index in [4.69, 9.17) is 10.3 Å². The van der Waals surface area contributed by atoms with Crippen molar-refractivity contribution in [2.45, 2.75) is 51.0 Å². The highest BCUT2D eigenvalue weighted by molar-refractivity contribution is 5.27. The average Bonchev–Trinajstić information content (AvgIpc) is 2.92. The van der Waals surface area contributed by atoms with Gasteiger partial charge in [-0.3, -0.25) is 0 Å². The van der Waals surface area contributed by atoms with Crippen LogP contribution >= 0.6 is 0 Å². The summed E-state index contributed by atoms with van der Waals surface area (Å²) < 4.78 is 5.40. The molecule has 4 heteroatoms. The van der Waals surface area contributed by atoms with Crippen molar-refractivity contribution in [1.82, 2.24) is 10.1 Å². The number of nitrogens with two attached hydrogens (primary N) is 1. The summed E-state index contributed by atoms with van der Waals surface area (Å²) in [6.45, 7) is 2.10. The van der Waals surface area contributed by atoms with Crippen LogP contribution in [0.2, 0.25) is 0 Å². The molecule has 106 valence electrons. The lowest BCUT2D eigenvalue weighted by Crippen LogP contribution is -2.39. The SMILES string of the molecule is Cc1ccccc1Cc1nc(C2(N)CCCCC2)no1. The highest BCUT2D eigenvalue weighted by Gasteiger charge is 2.34. The molecule has 1 saturated carbocycles. The highest BCUT2D eigenvalue weighted by atomic mass is 16.5. The fourth-order valence-electron chi connectivity index (χ4n) is 2.91. The molecule has 0 aliphatic heterocycles. The summed E-state index contributed by atoms with van der Waals surface area (Å²) in [5.41, 5.74) is 8.51. The van der Waals surface area contributed by atoms with Gasteiger partial charge in [-0.1, -0.05) is 48.7 Å². The molecule has 1 fully saturated rings. The van der Waals surface area contributed by atoms with Gasteiger partial charge in [0.25, 0.3) is 0 Å². The topological polar surface area (TPSA) is 64.9 Å². The number of rotatable bonds is 3. The van der Waals surface area contributed by atoms with Crippen molar-refractivity contribution in [2.24, 2.45) is 5.73 Å². The zero-order valence-electron chi connectivity index (χ0n) is 11.9. The van der Waals surface area contributed by atoms with E-state index in [1.807, 2.05) is 12.1 Å². The molecule has 1 aliphatic carbocycles.